The van der Waals surface area contributed by atoms with Crippen molar-refractivity contribution in [3.8, 4) is 11.5 Å². The lowest BCUT2D eigenvalue weighted by Gasteiger charge is -2.10. The number of benzene rings is 2. The van der Waals surface area contributed by atoms with Crippen LogP contribution < -0.4 is 14.8 Å². The predicted molar refractivity (Wildman–Crippen MR) is 102 cm³/mol. The molecule has 1 amide bonds. The molecule has 1 N–H and O–H groups in total. The summed E-state index contributed by atoms with van der Waals surface area (Å²) in [6, 6.07) is 11.3. The lowest BCUT2D eigenvalue weighted by molar-refractivity contribution is -0.111. The van der Waals surface area contributed by atoms with Gasteiger partial charge < -0.3 is 14.8 Å². The molecule has 0 spiro atoms. The van der Waals surface area contributed by atoms with Gasteiger partial charge >= 0.3 is 0 Å². The Balaban J connectivity index is 2.09. The van der Waals surface area contributed by atoms with Gasteiger partial charge in [-0.25, -0.2) is 0 Å². The number of carbonyl (C=O) groups excluding carboxylic acids is 1. The van der Waals surface area contributed by atoms with E-state index in [1.165, 1.54) is 6.08 Å². The maximum Gasteiger partial charge on any atom is 0.248 e. The molecule has 4 nitrogen and oxygen atoms in total. The fourth-order valence-corrected chi connectivity index (χ4v) is 2.29. The van der Waals surface area contributed by atoms with Crippen molar-refractivity contribution >= 4 is 17.7 Å². The zero-order valence-electron chi connectivity index (χ0n) is 14.8. The van der Waals surface area contributed by atoms with E-state index in [1.54, 1.807) is 19.3 Å². The number of carbonyl (C=O) groups is 1. The Labute approximate surface area is 148 Å². The van der Waals surface area contributed by atoms with Gasteiger partial charge in [-0.15, -0.1) is 0 Å². The summed E-state index contributed by atoms with van der Waals surface area (Å²) in [5.74, 6) is 1.07. The summed E-state index contributed by atoms with van der Waals surface area (Å²) < 4.78 is 10.8. The highest BCUT2D eigenvalue weighted by atomic mass is 16.5. The van der Waals surface area contributed by atoms with Gasteiger partial charge in [0.15, 0.2) is 11.5 Å². The first-order valence-corrected chi connectivity index (χ1v) is 8.02. The SMILES string of the molecule is C=CCOc1ccc(/C=C/C(=O)Nc2cccc(C)c2C)cc1OC. The van der Waals surface area contributed by atoms with E-state index in [1.807, 2.05) is 50.2 Å². The summed E-state index contributed by atoms with van der Waals surface area (Å²) >= 11 is 0. The summed E-state index contributed by atoms with van der Waals surface area (Å²) in [5, 5.41) is 2.90. The van der Waals surface area contributed by atoms with Gasteiger partial charge in [0.05, 0.1) is 7.11 Å². The third-order valence-corrected chi connectivity index (χ3v) is 3.83. The molecular weight excluding hydrogens is 314 g/mol. The highest BCUT2D eigenvalue weighted by Crippen LogP contribution is 2.28. The van der Waals surface area contributed by atoms with Crippen molar-refractivity contribution in [2.45, 2.75) is 13.8 Å². The molecule has 0 aliphatic rings. The van der Waals surface area contributed by atoms with Crippen LogP contribution in [0.1, 0.15) is 16.7 Å². The third-order valence-electron chi connectivity index (χ3n) is 3.83. The molecule has 0 fully saturated rings. The first-order chi connectivity index (χ1) is 12.0. The molecule has 25 heavy (non-hydrogen) atoms. The normalized spacial score (nSPS) is 10.5. The van der Waals surface area contributed by atoms with E-state index in [9.17, 15) is 4.79 Å². The number of methoxy groups -OCH3 is 1. The van der Waals surface area contributed by atoms with Crippen LogP contribution in [0.4, 0.5) is 5.69 Å². The summed E-state index contributed by atoms with van der Waals surface area (Å²) in [6.07, 6.45) is 4.91. The van der Waals surface area contributed by atoms with Crippen molar-refractivity contribution in [2.24, 2.45) is 0 Å². The Morgan fingerprint density at radius 1 is 1.20 bits per heavy atom. The largest absolute Gasteiger partial charge is 0.493 e. The fraction of sp³-hybridized carbons (Fsp3) is 0.190. The number of hydrogen-bond donors (Lipinski definition) is 1. The molecule has 0 aliphatic carbocycles. The van der Waals surface area contributed by atoms with Gasteiger partial charge in [0.25, 0.3) is 0 Å². The Morgan fingerprint density at radius 3 is 2.72 bits per heavy atom. The quantitative estimate of drug-likeness (QED) is 0.596. The molecule has 130 valence electrons. The zero-order chi connectivity index (χ0) is 18.2. The molecule has 0 aromatic heterocycles. The van der Waals surface area contributed by atoms with Crippen molar-refractivity contribution in [1.29, 1.82) is 0 Å². The maximum absolute atomic E-state index is 12.1. The maximum atomic E-state index is 12.1. The minimum absolute atomic E-state index is 0.181. The Kier molecular flexibility index (Phi) is 6.40. The molecule has 2 aromatic carbocycles. The van der Waals surface area contributed by atoms with Crippen LogP contribution in [0, 0.1) is 13.8 Å². The summed E-state index contributed by atoms with van der Waals surface area (Å²) in [6.45, 7) is 8.03. The van der Waals surface area contributed by atoms with E-state index in [2.05, 4.69) is 11.9 Å². The van der Waals surface area contributed by atoms with Gasteiger partial charge in [-0.05, 0) is 54.8 Å². The lowest BCUT2D eigenvalue weighted by Crippen LogP contribution is -2.09. The van der Waals surface area contributed by atoms with E-state index in [0.717, 1.165) is 22.4 Å². The van der Waals surface area contributed by atoms with Crippen molar-refractivity contribution in [3.63, 3.8) is 0 Å². The number of amides is 1. The summed E-state index contributed by atoms with van der Waals surface area (Å²) in [4.78, 5) is 12.1. The van der Waals surface area contributed by atoms with Crippen molar-refractivity contribution in [3.05, 3.63) is 71.8 Å². The van der Waals surface area contributed by atoms with Crippen molar-refractivity contribution in [2.75, 3.05) is 19.0 Å². The molecule has 0 bridgehead atoms. The van der Waals surface area contributed by atoms with Gasteiger partial charge in [-0.3, -0.25) is 4.79 Å². The average molecular weight is 337 g/mol. The smallest absolute Gasteiger partial charge is 0.248 e. The van der Waals surface area contributed by atoms with Gasteiger partial charge in [0.2, 0.25) is 5.91 Å². The molecule has 2 rings (SSSR count). The molecule has 0 atom stereocenters. The minimum Gasteiger partial charge on any atom is -0.493 e. The predicted octanol–water partition coefficient (Wildman–Crippen LogP) is 4.53. The van der Waals surface area contributed by atoms with Crippen LogP contribution in [0.15, 0.2) is 55.1 Å². The molecule has 0 unspecified atom stereocenters. The number of nitrogens with one attached hydrogen (secondary N) is 1. The van der Waals surface area contributed by atoms with Crippen LogP contribution in [-0.2, 0) is 4.79 Å². The van der Waals surface area contributed by atoms with E-state index < -0.39 is 0 Å². The van der Waals surface area contributed by atoms with Gasteiger partial charge in [-0.2, -0.15) is 0 Å². The van der Waals surface area contributed by atoms with Crippen LogP contribution in [0.5, 0.6) is 11.5 Å². The minimum atomic E-state index is -0.181. The molecular formula is C21H23NO3. The Hall–Kier alpha value is -3.01. The standard InChI is InChI=1S/C21H23NO3/c1-5-13-25-19-11-9-17(14-20(19)24-4)10-12-21(23)22-18-8-6-7-15(2)16(18)3/h5-12,14H,1,13H2,2-4H3,(H,22,23)/b12-10+. The lowest BCUT2D eigenvalue weighted by atomic mass is 10.1. The highest BCUT2D eigenvalue weighted by Gasteiger charge is 2.05. The fourth-order valence-electron chi connectivity index (χ4n) is 2.29. The van der Waals surface area contributed by atoms with Crippen LogP contribution >= 0.6 is 0 Å². The highest BCUT2D eigenvalue weighted by molar-refractivity contribution is 6.02. The van der Waals surface area contributed by atoms with E-state index >= 15 is 0 Å². The molecule has 4 heteroatoms. The molecule has 0 aliphatic heterocycles. The van der Waals surface area contributed by atoms with Crippen LogP contribution in [0.3, 0.4) is 0 Å². The van der Waals surface area contributed by atoms with Crippen molar-refractivity contribution in [1.82, 2.24) is 0 Å². The topological polar surface area (TPSA) is 47.6 Å². The molecule has 2 aromatic rings. The number of rotatable bonds is 7. The first kappa shape index (κ1) is 18.3. The van der Waals surface area contributed by atoms with Gasteiger partial charge in [0.1, 0.15) is 6.61 Å². The third kappa shape index (κ3) is 4.98. The van der Waals surface area contributed by atoms with E-state index in [-0.39, 0.29) is 5.91 Å². The second-order valence-electron chi connectivity index (χ2n) is 5.58. The number of ether oxygens (including phenoxy) is 2. The van der Waals surface area contributed by atoms with Crippen LogP contribution in [0.2, 0.25) is 0 Å². The Morgan fingerprint density at radius 2 is 2.00 bits per heavy atom. The summed E-state index contributed by atoms with van der Waals surface area (Å²) in [5.41, 5.74) is 3.87. The van der Waals surface area contributed by atoms with Gasteiger partial charge in [0, 0.05) is 11.8 Å². The van der Waals surface area contributed by atoms with Crippen molar-refractivity contribution < 1.29 is 14.3 Å². The van der Waals surface area contributed by atoms with E-state index in [4.69, 9.17) is 9.47 Å². The molecule has 0 saturated carbocycles. The average Bonchev–Trinajstić information content (AvgIpc) is 2.62. The number of hydrogen-bond acceptors (Lipinski definition) is 3. The first-order valence-electron chi connectivity index (χ1n) is 8.02. The number of anilines is 1. The van der Waals surface area contributed by atoms with Crippen LogP contribution in [0.25, 0.3) is 6.08 Å². The van der Waals surface area contributed by atoms with Crippen LogP contribution in [-0.4, -0.2) is 19.6 Å². The second-order valence-corrected chi connectivity index (χ2v) is 5.58. The van der Waals surface area contributed by atoms with E-state index in [0.29, 0.717) is 18.1 Å². The van der Waals surface area contributed by atoms with Gasteiger partial charge in [-0.1, -0.05) is 30.9 Å². The molecule has 0 heterocycles. The monoisotopic (exact) mass is 337 g/mol. The second kappa shape index (κ2) is 8.73. The molecule has 0 radical (unpaired) electrons. The summed E-state index contributed by atoms with van der Waals surface area (Å²) in [7, 11) is 1.58. The number of aryl methyl sites for hydroxylation is 1. The zero-order valence-corrected chi connectivity index (χ0v) is 14.8. The Bertz CT molecular complexity index is 794. The molecule has 0 saturated heterocycles.